The Morgan fingerprint density at radius 3 is 2.92 bits per heavy atom. The molecule has 0 radical (unpaired) electrons. The quantitative estimate of drug-likeness (QED) is 0.917. The summed E-state index contributed by atoms with van der Waals surface area (Å²) in [5.74, 6) is 0.700. The fraction of sp³-hybridized carbons (Fsp3) is 0.550. The highest BCUT2D eigenvalue weighted by molar-refractivity contribution is 5.78. The third kappa shape index (κ3) is 4.05. The Balaban J connectivity index is 1.65. The van der Waals surface area contributed by atoms with Gasteiger partial charge >= 0.3 is 0 Å². The highest BCUT2D eigenvalue weighted by Crippen LogP contribution is 2.20. The summed E-state index contributed by atoms with van der Waals surface area (Å²) in [4.78, 5) is 20.2. The molecular formula is C20H29N3O. The van der Waals surface area contributed by atoms with Gasteiger partial charge in [-0.25, -0.2) is 0 Å². The second-order valence-corrected chi connectivity index (χ2v) is 7.50. The van der Waals surface area contributed by atoms with Gasteiger partial charge in [0.25, 0.3) is 5.56 Å². The zero-order chi connectivity index (χ0) is 17.1. The first-order valence-electron chi connectivity index (χ1n) is 9.06. The minimum atomic E-state index is 0.0352. The molecular weight excluding hydrogens is 298 g/mol. The van der Waals surface area contributed by atoms with Crippen LogP contribution in [0.1, 0.15) is 32.3 Å². The molecule has 1 aromatic carbocycles. The average Bonchev–Trinajstić information content (AvgIpc) is 2.55. The summed E-state index contributed by atoms with van der Waals surface area (Å²) in [6.45, 7) is 8.72. The van der Waals surface area contributed by atoms with Crippen LogP contribution >= 0.6 is 0 Å². The fourth-order valence-corrected chi connectivity index (χ4v) is 3.82. The van der Waals surface area contributed by atoms with E-state index in [9.17, 15) is 4.79 Å². The third-order valence-electron chi connectivity index (χ3n) is 5.12. The molecule has 4 heteroatoms. The van der Waals surface area contributed by atoms with Crippen molar-refractivity contribution in [3.63, 3.8) is 0 Å². The van der Waals surface area contributed by atoms with Crippen molar-refractivity contribution in [1.29, 1.82) is 0 Å². The molecule has 3 rings (SSSR count). The molecule has 1 atom stereocenters. The SMILES string of the molecule is CC(C)N1CCC[C@H](CN(C)Cc2cc3ccccc3[nH]c2=O)C1. The van der Waals surface area contributed by atoms with Crippen molar-refractivity contribution in [3.8, 4) is 0 Å². The molecule has 0 unspecified atom stereocenters. The van der Waals surface area contributed by atoms with E-state index in [1.807, 2.05) is 24.3 Å². The molecule has 0 saturated carbocycles. The van der Waals surface area contributed by atoms with Crippen LogP contribution in [0.5, 0.6) is 0 Å². The number of piperidine rings is 1. The molecule has 24 heavy (non-hydrogen) atoms. The number of rotatable bonds is 5. The predicted octanol–water partition coefficient (Wildman–Crippen LogP) is 3.08. The number of fused-ring (bicyclic) bond motifs is 1. The van der Waals surface area contributed by atoms with Gasteiger partial charge in [-0.2, -0.15) is 0 Å². The van der Waals surface area contributed by atoms with Crippen LogP contribution < -0.4 is 5.56 Å². The summed E-state index contributed by atoms with van der Waals surface area (Å²) >= 11 is 0. The summed E-state index contributed by atoms with van der Waals surface area (Å²) in [7, 11) is 2.13. The molecule has 1 saturated heterocycles. The molecule has 0 aliphatic carbocycles. The monoisotopic (exact) mass is 327 g/mol. The lowest BCUT2D eigenvalue weighted by Gasteiger charge is -2.37. The van der Waals surface area contributed by atoms with Crippen molar-refractivity contribution in [2.75, 3.05) is 26.7 Å². The van der Waals surface area contributed by atoms with Crippen molar-refractivity contribution < 1.29 is 0 Å². The van der Waals surface area contributed by atoms with Crippen LogP contribution in [-0.4, -0.2) is 47.5 Å². The van der Waals surface area contributed by atoms with Gasteiger partial charge in [0.1, 0.15) is 0 Å². The van der Waals surface area contributed by atoms with Gasteiger partial charge < -0.3 is 14.8 Å². The maximum atomic E-state index is 12.3. The molecule has 2 aromatic rings. The van der Waals surface area contributed by atoms with Crippen molar-refractivity contribution in [1.82, 2.24) is 14.8 Å². The van der Waals surface area contributed by atoms with Crippen LogP contribution in [0.15, 0.2) is 35.1 Å². The number of nitrogens with one attached hydrogen (secondary N) is 1. The zero-order valence-corrected chi connectivity index (χ0v) is 15.1. The first kappa shape index (κ1) is 17.2. The number of likely N-dealkylation sites (tertiary alicyclic amines) is 1. The molecule has 1 aliphatic heterocycles. The molecule has 130 valence electrons. The van der Waals surface area contributed by atoms with E-state index >= 15 is 0 Å². The number of benzene rings is 1. The maximum absolute atomic E-state index is 12.3. The largest absolute Gasteiger partial charge is 0.322 e. The van der Waals surface area contributed by atoms with Gasteiger partial charge in [-0.05, 0) is 63.7 Å². The first-order valence-corrected chi connectivity index (χ1v) is 9.06. The number of aromatic nitrogens is 1. The number of nitrogens with zero attached hydrogens (tertiary/aromatic N) is 2. The van der Waals surface area contributed by atoms with Crippen LogP contribution in [-0.2, 0) is 6.54 Å². The maximum Gasteiger partial charge on any atom is 0.252 e. The second-order valence-electron chi connectivity index (χ2n) is 7.50. The minimum Gasteiger partial charge on any atom is -0.322 e. The van der Waals surface area contributed by atoms with Crippen molar-refractivity contribution >= 4 is 10.9 Å². The van der Waals surface area contributed by atoms with Crippen molar-refractivity contribution in [2.45, 2.75) is 39.3 Å². The van der Waals surface area contributed by atoms with Gasteiger partial charge in [0.15, 0.2) is 0 Å². The Morgan fingerprint density at radius 1 is 1.33 bits per heavy atom. The van der Waals surface area contributed by atoms with E-state index in [1.165, 1.54) is 25.9 Å². The van der Waals surface area contributed by atoms with Crippen LogP contribution in [0.3, 0.4) is 0 Å². The highest BCUT2D eigenvalue weighted by atomic mass is 16.1. The summed E-state index contributed by atoms with van der Waals surface area (Å²) in [6.07, 6.45) is 2.58. The van der Waals surface area contributed by atoms with Gasteiger partial charge in [-0.1, -0.05) is 18.2 Å². The normalized spacial score (nSPS) is 19.5. The van der Waals surface area contributed by atoms with Crippen molar-refractivity contribution in [3.05, 3.63) is 46.2 Å². The molecule has 1 N–H and O–H groups in total. The molecule has 2 heterocycles. The van der Waals surface area contributed by atoms with E-state index in [0.29, 0.717) is 18.5 Å². The lowest BCUT2D eigenvalue weighted by Crippen LogP contribution is -2.43. The fourth-order valence-electron chi connectivity index (χ4n) is 3.82. The Bertz CT molecular complexity index is 737. The number of hydrogen-bond donors (Lipinski definition) is 1. The third-order valence-corrected chi connectivity index (χ3v) is 5.12. The summed E-state index contributed by atoms with van der Waals surface area (Å²) in [5.41, 5.74) is 1.80. The molecule has 0 bridgehead atoms. The van der Waals surface area contributed by atoms with Crippen LogP contribution in [0.4, 0.5) is 0 Å². The van der Waals surface area contributed by atoms with Gasteiger partial charge in [-0.3, -0.25) is 4.79 Å². The summed E-state index contributed by atoms with van der Waals surface area (Å²) in [6, 6.07) is 10.6. The highest BCUT2D eigenvalue weighted by Gasteiger charge is 2.22. The van der Waals surface area contributed by atoms with E-state index in [4.69, 9.17) is 0 Å². The summed E-state index contributed by atoms with van der Waals surface area (Å²) in [5, 5.41) is 1.10. The molecule has 1 aliphatic rings. The van der Waals surface area contributed by atoms with E-state index in [-0.39, 0.29) is 5.56 Å². The molecule has 1 fully saturated rings. The number of hydrogen-bond acceptors (Lipinski definition) is 3. The lowest BCUT2D eigenvalue weighted by molar-refractivity contribution is 0.116. The topological polar surface area (TPSA) is 39.3 Å². The first-order chi connectivity index (χ1) is 11.5. The second kappa shape index (κ2) is 7.49. The van der Waals surface area contributed by atoms with E-state index < -0.39 is 0 Å². The van der Waals surface area contributed by atoms with E-state index in [0.717, 1.165) is 23.0 Å². The van der Waals surface area contributed by atoms with Crippen LogP contribution in [0.2, 0.25) is 0 Å². The van der Waals surface area contributed by atoms with Gasteiger partial charge in [0.05, 0.1) is 0 Å². The van der Waals surface area contributed by atoms with Gasteiger partial charge in [0, 0.05) is 36.8 Å². The Labute approximate surface area is 144 Å². The standard InChI is InChI=1S/C20H29N3O/c1-15(2)23-10-6-7-16(13-23)12-22(3)14-18-11-17-8-4-5-9-19(17)21-20(18)24/h4-5,8-9,11,15-16H,6-7,10,12-14H2,1-3H3,(H,21,24)/t16-/m1/s1. The Morgan fingerprint density at radius 2 is 2.12 bits per heavy atom. The van der Waals surface area contributed by atoms with Crippen LogP contribution in [0.25, 0.3) is 10.9 Å². The van der Waals surface area contributed by atoms with Crippen LogP contribution in [0, 0.1) is 5.92 Å². The summed E-state index contributed by atoms with van der Waals surface area (Å²) < 4.78 is 0. The molecule has 0 spiro atoms. The number of aromatic amines is 1. The van der Waals surface area contributed by atoms with Gasteiger partial charge in [-0.15, -0.1) is 0 Å². The molecule has 4 nitrogen and oxygen atoms in total. The average molecular weight is 327 g/mol. The number of H-pyrrole nitrogens is 1. The van der Waals surface area contributed by atoms with E-state index in [2.05, 4.69) is 41.7 Å². The Kier molecular flexibility index (Phi) is 5.36. The lowest BCUT2D eigenvalue weighted by atomic mass is 9.96. The molecule has 1 aromatic heterocycles. The predicted molar refractivity (Wildman–Crippen MR) is 100 cm³/mol. The Hall–Kier alpha value is -1.65. The van der Waals surface area contributed by atoms with Gasteiger partial charge in [0.2, 0.25) is 0 Å². The number of para-hydroxylation sites is 1. The smallest absolute Gasteiger partial charge is 0.252 e. The molecule has 0 amide bonds. The number of pyridine rings is 1. The van der Waals surface area contributed by atoms with E-state index in [1.54, 1.807) is 0 Å². The van der Waals surface area contributed by atoms with Crippen molar-refractivity contribution in [2.24, 2.45) is 5.92 Å². The minimum absolute atomic E-state index is 0.0352. The zero-order valence-electron chi connectivity index (χ0n) is 15.1.